The van der Waals surface area contributed by atoms with Crippen molar-refractivity contribution in [3.63, 3.8) is 0 Å². The van der Waals surface area contributed by atoms with Crippen LogP contribution in [0.2, 0.25) is 0 Å². The van der Waals surface area contributed by atoms with E-state index in [2.05, 4.69) is 10.3 Å². The van der Waals surface area contributed by atoms with Crippen LogP contribution in [0.15, 0.2) is 66.9 Å². The van der Waals surface area contributed by atoms with Crippen molar-refractivity contribution in [2.75, 3.05) is 6.61 Å². The lowest BCUT2D eigenvalue weighted by Gasteiger charge is -2.22. The van der Waals surface area contributed by atoms with Gasteiger partial charge in [0.2, 0.25) is 0 Å². The van der Waals surface area contributed by atoms with Gasteiger partial charge < -0.3 is 20.3 Å². The van der Waals surface area contributed by atoms with Crippen molar-refractivity contribution in [2.24, 2.45) is 0 Å². The molecule has 2 atom stereocenters. The fraction of sp³-hybridized carbons (Fsp3) is 0.200. The van der Waals surface area contributed by atoms with E-state index >= 15 is 0 Å². The van der Waals surface area contributed by atoms with E-state index in [1.807, 2.05) is 0 Å². The smallest absolute Gasteiger partial charge is 0.270 e. The number of carbonyl (C=O) groups is 1. The van der Waals surface area contributed by atoms with E-state index in [9.17, 15) is 23.8 Å². The number of amides is 1. The third-order valence-corrected chi connectivity index (χ3v) is 5.47. The zero-order chi connectivity index (χ0) is 24.2. The first-order valence-electron chi connectivity index (χ1n) is 10.6. The molecule has 0 aliphatic heterocycles. The molecule has 9 heteroatoms. The Labute approximate surface area is 194 Å². The Morgan fingerprint density at radius 3 is 2.47 bits per heavy atom. The highest BCUT2D eigenvalue weighted by atomic mass is 19.1. The number of aromatic nitrogens is 2. The number of ether oxygens (including phenoxy) is 1. The SMILES string of the molecule is Cc1nc2c(OCc3c(F)cccc3F)cccn2c1C(=O)N[C@@H](CO)[C@H](O)c1ccccc1. The van der Waals surface area contributed by atoms with Gasteiger partial charge in [-0.15, -0.1) is 0 Å². The predicted molar refractivity (Wildman–Crippen MR) is 120 cm³/mol. The molecule has 0 saturated heterocycles. The molecule has 0 saturated carbocycles. The average molecular weight is 467 g/mol. The van der Waals surface area contributed by atoms with Gasteiger partial charge in [0.25, 0.3) is 5.91 Å². The Morgan fingerprint density at radius 2 is 1.79 bits per heavy atom. The molecule has 0 bridgehead atoms. The summed E-state index contributed by atoms with van der Waals surface area (Å²) in [5, 5.41) is 23.0. The normalized spacial score (nSPS) is 13.0. The van der Waals surface area contributed by atoms with Crippen LogP contribution in [0.4, 0.5) is 8.78 Å². The molecule has 0 radical (unpaired) electrons. The number of fused-ring (bicyclic) bond motifs is 1. The molecule has 2 heterocycles. The van der Waals surface area contributed by atoms with Crippen molar-refractivity contribution in [3.8, 4) is 5.75 Å². The van der Waals surface area contributed by atoms with E-state index in [-0.39, 0.29) is 29.3 Å². The van der Waals surface area contributed by atoms with Crippen molar-refractivity contribution < 1.29 is 28.5 Å². The topological polar surface area (TPSA) is 96.1 Å². The number of pyridine rings is 1. The van der Waals surface area contributed by atoms with E-state index in [0.29, 0.717) is 11.3 Å². The number of aryl methyl sites for hydroxylation is 1. The summed E-state index contributed by atoms with van der Waals surface area (Å²) in [7, 11) is 0. The van der Waals surface area contributed by atoms with Gasteiger partial charge >= 0.3 is 0 Å². The second-order valence-electron chi connectivity index (χ2n) is 7.72. The van der Waals surface area contributed by atoms with E-state index in [0.717, 1.165) is 12.1 Å². The highest BCUT2D eigenvalue weighted by molar-refractivity contribution is 5.95. The van der Waals surface area contributed by atoms with Crippen LogP contribution in [-0.4, -0.2) is 38.2 Å². The van der Waals surface area contributed by atoms with E-state index in [1.165, 1.54) is 10.5 Å². The molecule has 34 heavy (non-hydrogen) atoms. The first kappa shape index (κ1) is 23.3. The van der Waals surface area contributed by atoms with Gasteiger partial charge in [-0.1, -0.05) is 36.4 Å². The molecule has 7 nitrogen and oxygen atoms in total. The number of benzene rings is 2. The number of carbonyl (C=O) groups excluding carboxylic acids is 1. The van der Waals surface area contributed by atoms with Crippen LogP contribution in [-0.2, 0) is 6.61 Å². The zero-order valence-corrected chi connectivity index (χ0v) is 18.3. The molecule has 3 N–H and O–H groups in total. The summed E-state index contributed by atoms with van der Waals surface area (Å²) in [6.45, 7) is 0.783. The molecule has 2 aromatic heterocycles. The van der Waals surface area contributed by atoms with E-state index in [4.69, 9.17) is 4.74 Å². The van der Waals surface area contributed by atoms with Gasteiger partial charge in [0, 0.05) is 6.20 Å². The lowest BCUT2D eigenvalue weighted by atomic mass is 10.0. The number of nitrogens with zero attached hydrogens (tertiary/aromatic N) is 2. The largest absolute Gasteiger partial charge is 0.485 e. The minimum absolute atomic E-state index is 0.177. The molecule has 4 rings (SSSR count). The Morgan fingerprint density at radius 1 is 1.09 bits per heavy atom. The summed E-state index contributed by atoms with van der Waals surface area (Å²) in [6, 6.07) is 14.5. The minimum atomic E-state index is -1.12. The number of nitrogens with one attached hydrogen (secondary N) is 1. The predicted octanol–water partition coefficient (Wildman–Crippen LogP) is 3.32. The summed E-state index contributed by atoms with van der Waals surface area (Å²) in [5.41, 5.74) is 1.16. The molecule has 4 aromatic rings. The molecule has 176 valence electrons. The van der Waals surface area contributed by atoms with Gasteiger partial charge in [0.1, 0.15) is 30.0 Å². The molecule has 0 unspecified atom stereocenters. The maximum atomic E-state index is 13.9. The van der Waals surface area contributed by atoms with Crippen molar-refractivity contribution in [3.05, 3.63) is 101 Å². The summed E-state index contributed by atoms with van der Waals surface area (Å²) in [4.78, 5) is 17.5. The number of hydrogen-bond acceptors (Lipinski definition) is 5. The summed E-state index contributed by atoms with van der Waals surface area (Å²) in [6.07, 6.45) is 0.478. The Balaban J connectivity index is 1.58. The van der Waals surface area contributed by atoms with Gasteiger partial charge in [-0.2, -0.15) is 0 Å². The van der Waals surface area contributed by atoms with Crippen molar-refractivity contribution >= 4 is 11.6 Å². The summed E-state index contributed by atoms with van der Waals surface area (Å²) >= 11 is 0. The number of halogens is 2. The van der Waals surface area contributed by atoms with Gasteiger partial charge in [-0.05, 0) is 36.8 Å². The van der Waals surface area contributed by atoms with Crippen LogP contribution in [0.1, 0.15) is 33.4 Å². The number of aliphatic hydroxyl groups is 2. The van der Waals surface area contributed by atoms with Crippen LogP contribution in [0, 0.1) is 18.6 Å². The fourth-order valence-electron chi connectivity index (χ4n) is 3.71. The Hall–Kier alpha value is -3.82. The van der Waals surface area contributed by atoms with Crippen LogP contribution in [0.25, 0.3) is 5.65 Å². The summed E-state index contributed by atoms with van der Waals surface area (Å²) in [5.74, 6) is -1.77. The highest BCUT2D eigenvalue weighted by Crippen LogP contribution is 2.25. The average Bonchev–Trinajstić information content (AvgIpc) is 3.18. The van der Waals surface area contributed by atoms with Gasteiger partial charge in [-0.3, -0.25) is 9.20 Å². The number of imidazole rings is 1. The van der Waals surface area contributed by atoms with Crippen LogP contribution < -0.4 is 10.1 Å². The second-order valence-corrected chi connectivity index (χ2v) is 7.72. The number of hydrogen-bond donors (Lipinski definition) is 3. The highest BCUT2D eigenvalue weighted by Gasteiger charge is 2.26. The third-order valence-electron chi connectivity index (χ3n) is 5.47. The quantitative estimate of drug-likeness (QED) is 0.370. The van der Waals surface area contributed by atoms with E-state index < -0.39 is 36.3 Å². The molecule has 1 amide bonds. The summed E-state index contributed by atoms with van der Waals surface area (Å²) < 4.78 is 35.0. The first-order chi connectivity index (χ1) is 16.4. The number of aliphatic hydroxyl groups excluding tert-OH is 2. The molecule has 0 spiro atoms. The van der Waals surface area contributed by atoms with Crippen LogP contribution in [0.3, 0.4) is 0 Å². The molecule has 2 aromatic carbocycles. The maximum Gasteiger partial charge on any atom is 0.270 e. The molecular formula is C25H23F2N3O4. The molecule has 0 fully saturated rings. The third kappa shape index (κ3) is 4.61. The van der Waals surface area contributed by atoms with Gasteiger partial charge in [0.15, 0.2) is 11.4 Å². The van der Waals surface area contributed by atoms with Crippen LogP contribution in [0.5, 0.6) is 5.75 Å². The van der Waals surface area contributed by atoms with E-state index in [1.54, 1.807) is 55.6 Å². The van der Waals surface area contributed by atoms with Crippen LogP contribution >= 0.6 is 0 Å². The monoisotopic (exact) mass is 467 g/mol. The Kier molecular flexibility index (Phi) is 6.85. The van der Waals surface area contributed by atoms with Crippen molar-refractivity contribution in [1.82, 2.24) is 14.7 Å². The van der Waals surface area contributed by atoms with Crippen molar-refractivity contribution in [1.29, 1.82) is 0 Å². The fourth-order valence-corrected chi connectivity index (χ4v) is 3.71. The van der Waals surface area contributed by atoms with Crippen molar-refractivity contribution in [2.45, 2.75) is 25.7 Å². The standard InChI is InChI=1S/C25H23F2N3O4/c1-15-22(25(33)29-20(13-31)23(32)16-7-3-2-4-8-16)30-12-6-11-21(24(30)28-15)34-14-17-18(26)9-5-10-19(17)27/h2-12,20,23,31-32H,13-14H2,1H3,(H,29,33)/t20-,23+/m0/s1. The Bertz CT molecular complexity index is 1290. The lowest BCUT2D eigenvalue weighted by Crippen LogP contribution is -2.42. The first-order valence-corrected chi connectivity index (χ1v) is 10.6. The minimum Gasteiger partial charge on any atom is -0.485 e. The zero-order valence-electron chi connectivity index (χ0n) is 18.3. The maximum absolute atomic E-state index is 13.9. The lowest BCUT2D eigenvalue weighted by molar-refractivity contribution is 0.0698. The van der Waals surface area contributed by atoms with Gasteiger partial charge in [-0.25, -0.2) is 13.8 Å². The molecular weight excluding hydrogens is 444 g/mol. The molecule has 0 aliphatic carbocycles. The second kappa shape index (κ2) is 9.98. The number of rotatable bonds is 8. The van der Waals surface area contributed by atoms with Gasteiger partial charge in [0.05, 0.1) is 23.9 Å². The molecule has 0 aliphatic rings.